The number of rotatable bonds is 9. The predicted molar refractivity (Wildman–Crippen MR) is 241 cm³/mol. The lowest BCUT2D eigenvalue weighted by Crippen LogP contribution is -2.64. The van der Waals surface area contributed by atoms with E-state index in [-0.39, 0.29) is 46.9 Å². The zero-order chi connectivity index (χ0) is 45.0. The van der Waals surface area contributed by atoms with Crippen LogP contribution in [0.3, 0.4) is 0 Å². The number of hydrogen-bond donors (Lipinski definition) is 3. The minimum atomic E-state index is -0.999. The van der Waals surface area contributed by atoms with Crippen molar-refractivity contribution in [1.82, 2.24) is 30.2 Å². The van der Waals surface area contributed by atoms with E-state index in [4.69, 9.17) is 5.73 Å². The fourth-order valence-corrected chi connectivity index (χ4v) is 11.2. The largest absolute Gasteiger partial charge is 0.507 e. The molecule has 0 bridgehead atoms. The summed E-state index contributed by atoms with van der Waals surface area (Å²) in [6.07, 6.45) is 5.32. The van der Waals surface area contributed by atoms with E-state index in [0.717, 1.165) is 60.6 Å². The SMILES string of the molecule is Nc1nnc(-c2ccccc2O)cc1N1CCC(C(=O)N2CC3(CCN(C(=O)CCC4CCN(c5ccc6c(c5)C(=O)N(C5CCC(=O)NC5=O)C6=O)CC4)C3)C2)(c2ccccc2)CC1. The lowest BCUT2D eigenvalue weighted by Gasteiger charge is -2.52. The second-order valence-corrected chi connectivity index (χ2v) is 18.8. The summed E-state index contributed by atoms with van der Waals surface area (Å²) in [6, 6.07) is 23.2. The summed E-state index contributed by atoms with van der Waals surface area (Å²) in [4.78, 5) is 88.4. The van der Waals surface area contributed by atoms with E-state index in [1.165, 1.54) is 0 Å². The number of nitrogens with two attached hydrogens (primary N) is 1. The van der Waals surface area contributed by atoms with Gasteiger partial charge in [-0.3, -0.25) is 39.0 Å². The summed E-state index contributed by atoms with van der Waals surface area (Å²) in [5, 5.41) is 21.2. The van der Waals surface area contributed by atoms with Gasteiger partial charge in [-0.15, -0.1) is 10.2 Å². The standard InChI is InChI=1S/C49H53N9O7/c50-43-39(27-37(52-53-43)35-8-4-5-9-40(35)59)55-24-19-49(20-25-55,32-6-2-1-3-7-32)47(65)57-29-48(30-57)18-23-56(28-48)42(61)15-10-31-16-21-54(22-17-31)33-11-12-34-36(26-33)46(64)58(45(34)63)38-13-14-41(60)51-44(38)62/h1-9,11-12,26-27,31,38,59H,10,13-25,28-30H2,(H2,50,53)(H,51,60,62). The van der Waals surface area contributed by atoms with Gasteiger partial charge < -0.3 is 30.4 Å². The highest BCUT2D eigenvalue weighted by molar-refractivity contribution is 6.23. The molecule has 10 rings (SSSR count). The molecule has 6 aliphatic rings. The number of fused-ring (bicyclic) bond motifs is 1. The van der Waals surface area contributed by atoms with Crippen LogP contribution in [0, 0.1) is 11.3 Å². The van der Waals surface area contributed by atoms with Gasteiger partial charge in [0.2, 0.25) is 23.6 Å². The molecule has 1 unspecified atom stereocenters. The molecule has 3 aromatic carbocycles. The molecular weight excluding hydrogens is 827 g/mol. The minimum Gasteiger partial charge on any atom is -0.507 e. The molecule has 336 valence electrons. The van der Waals surface area contributed by atoms with Crippen LogP contribution in [0.4, 0.5) is 17.2 Å². The van der Waals surface area contributed by atoms with Crippen LogP contribution in [-0.2, 0) is 24.6 Å². The van der Waals surface area contributed by atoms with E-state index < -0.39 is 35.1 Å². The van der Waals surface area contributed by atoms with E-state index in [1.54, 1.807) is 30.3 Å². The van der Waals surface area contributed by atoms with Gasteiger partial charge in [-0.25, -0.2) is 0 Å². The topological polar surface area (TPSA) is 203 Å². The van der Waals surface area contributed by atoms with Gasteiger partial charge in [0.25, 0.3) is 11.8 Å². The molecule has 6 amide bonds. The van der Waals surface area contributed by atoms with E-state index >= 15 is 0 Å². The highest BCUT2D eigenvalue weighted by Gasteiger charge is 2.55. The first-order valence-electron chi connectivity index (χ1n) is 22.8. The Bertz CT molecular complexity index is 2580. The first-order valence-corrected chi connectivity index (χ1v) is 22.8. The number of imide groups is 2. The quantitative estimate of drug-likeness (QED) is 0.203. The van der Waals surface area contributed by atoms with E-state index in [9.17, 15) is 33.9 Å². The number of nitrogens with zero attached hydrogens (tertiary/aromatic N) is 7. The Kier molecular flexibility index (Phi) is 10.8. The molecule has 1 aromatic heterocycles. The van der Waals surface area contributed by atoms with Gasteiger partial charge >= 0.3 is 0 Å². The molecule has 0 radical (unpaired) electrons. The summed E-state index contributed by atoms with van der Waals surface area (Å²) in [5.41, 5.74) is 9.79. The number of piperidine rings is 3. The van der Waals surface area contributed by atoms with Gasteiger partial charge in [-0.1, -0.05) is 42.5 Å². The van der Waals surface area contributed by atoms with Gasteiger partial charge in [0.05, 0.1) is 27.9 Å². The van der Waals surface area contributed by atoms with E-state index in [0.29, 0.717) is 81.5 Å². The predicted octanol–water partition coefficient (Wildman–Crippen LogP) is 4.13. The minimum absolute atomic E-state index is 0.0725. The molecule has 5 saturated heterocycles. The molecule has 0 aliphatic carbocycles. The summed E-state index contributed by atoms with van der Waals surface area (Å²) in [7, 11) is 0. The molecule has 16 heteroatoms. The number of benzene rings is 3. The van der Waals surface area contributed by atoms with Crippen LogP contribution in [-0.4, -0.2) is 124 Å². The Labute approximate surface area is 376 Å². The van der Waals surface area contributed by atoms with Crippen LogP contribution < -0.4 is 20.9 Å². The van der Waals surface area contributed by atoms with E-state index in [1.807, 2.05) is 46.2 Å². The van der Waals surface area contributed by atoms with Crippen molar-refractivity contribution in [2.24, 2.45) is 11.3 Å². The Balaban J connectivity index is 0.714. The molecule has 4 aromatic rings. The number of aromatic nitrogens is 2. The normalized spacial score (nSPS) is 21.7. The number of anilines is 3. The zero-order valence-electron chi connectivity index (χ0n) is 36.3. The molecule has 6 aliphatic heterocycles. The summed E-state index contributed by atoms with van der Waals surface area (Å²) in [5.74, 6) is -0.966. The first kappa shape index (κ1) is 42.1. The average Bonchev–Trinajstić information content (AvgIpc) is 3.87. The first-order chi connectivity index (χ1) is 31.4. The fourth-order valence-electron chi connectivity index (χ4n) is 11.2. The highest BCUT2D eigenvalue weighted by Crippen LogP contribution is 2.46. The number of para-hydroxylation sites is 1. The van der Waals surface area contributed by atoms with Gasteiger partial charge in [-0.2, -0.15) is 0 Å². The number of phenolic OH excluding ortho intramolecular Hbond substituents is 1. The Morgan fingerprint density at radius 3 is 2.18 bits per heavy atom. The second-order valence-electron chi connectivity index (χ2n) is 18.8. The number of amides is 6. The van der Waals surface area contributed by atoms with Crippen LogP contribution in [0.2, 0.25) is 0 Å². The number of carbonyl (C=O) groups is 6. The number of phenols is 1. The monoisotopic (exact) mass is 879 g/mol. The molecule has 5 fully saturated rings. The Morgan fingerprint density at radius 1 is 0.738 bits per heavy atom. The van der Waals surface area contributed by atoms with Crippen molar-refractivity contribution in [1.29, 1.82) is 0 Å². The smallest absolute Gasteiger partial charge is 0.262 e. The average molecular weight is 880 g/mol. The molecule has 4 N–H and O–H groups in total. The molecule has 1 spiro atoms. The maximum absolute atomic E-state index is 14.7. The summed E-state index contributed by atoms with van der Waals surface area (Å²) >= 11 is 0. The van der Waals surface area contributed by atoms with Crippen LogP contribution in [0.5, 0.6) is 5.75 Å². The molecule has 16 nitrogen and oxygen atoms in total. The number of carbonyl (C=O) groups excluding carboxylic acids is 6. The van der Waals surface area contributed by atoms with Gasteiger partial charge in [0.1, 0.15) is 11.8 Å². The highest BCUT2D eigenvalue weighted by atomic mass is 16.3. The van der Waals surface area contributed by atoms with Crippen molar-refractivity contribution in [2.45, 2.75) is 69.2 Å². The zero-order valence-corrected chi connectivity index (χ0v) is 36.3. The summed E-state index contributed by atoms with van der Waals surface area (Å²) < 4.78 is 0. The molecule has 7 heterocycles. The number of likely N-dealkylation sites (tertiary alicyclic amines) is 2. The maximum atomic E-state index is 14.7. The van der Waals surface area contributed by atoms with Crippen LogP contribution in [0.25, 0.3) is 11.3 Å². The Morgan fingerprint density at radius 2 is 1.45 bits per heavy atom. The van der Waals surface area contributed by atoms with Gasteiger partial charge in [0, 0.05) is 81.9 Å². The second kappa shape index (κ2) is 16.6. The third kappa shape index (κ3) is 7.61. The van der Waals surface area contributed by atoms with Crippen molar-refractivity contribution in [2.75, 3.05) is 67.9 Å². The Hall–Kier alpha value is -6.84. The lowest BCUT2D eigenvalue weighted by molar-refractivity contribution is -0.150. The number of hydrogen-bond acceptors (Lipinski definition) is 12. The van der Waals surface area contributed by atoms with Crippen molar-refractivity contribution >= 4 is 52.6 Å². The number of aromatic hydroxyl groups is 1. The van der Waals surface area contributed by atoms with Crippen LogP contribution in [0.1, 0.15) is 84.1 Å². The van der Waals surface area contributed by atoms with Crippen LogP contribution >= 0.6 is 0 Å². The van der Waals surface area contributed by atoms with Gasteiger partial charge in [-0.05, 0) is 92.8 Å². The van der Waals surface area contributed by atoms with Crippen LogP contribution in [0.15, 0.2) is 78.9 Å². The molecule has 1 atom stereocenters. The fraction of sp³-hybridized carbons (Fsp3) is 0.429. The van der Waals surface area contributed by atoms with Crippen molar-refractivity contribution in [3.63, 3.8) is 0 Å². The van der Waals surface area contributed by atoms with Crippen molar-refractivity contribution < 1.29 is 33.9 Å². The molecule has 65 heavy (non-hydrogen) atoms. The van der Waals surface area contributed by atoms with Crippen molar-refractivity contribution in [3.05, 3.63) is 95.6 Å². The van der Waals surface area contributed by atoms with Crippen molar-refractivity contribution in [3.8, 4) is 17.0 Å². The third-order valence-electron chi connectivity index (χ3n) is 15.0. The van der Waals surface area contributed by atoms with Gasteiger partial charge in [0.15, 0.2) is 5.82 Å². The summed E-state index contributed by atoms with van der Waals surface area (Å²) in [6.45, 7) is 5.31. The number of nitrogens with one attached hydrogen (secondary N) is 1. The van der Waals surface area contributed by atoms with E-state index in [2.05, 4.69) is 37.4 Å². The lowest BCUT2D eigenvalue weighted by atomic mass is 9.69. The maximum Gasteiger partial charge on any atom is 0.262 e. The molecule has 0 saturated carbocycles. The number of nitrogen functional groups attached to an aromatic ring is 1. The molecular formula is C49H53N9O7. The third-order valence-corrected chi connectivity index (χ3v) is 15.0.